The standard InChI is InChI=1S/C15H9Br2F3N2O2.H2O/c16-9-3-1-8(2-4-9)13(23)21-22-14(24)11-6-5-10(17)7-12(11)15(18,19)20;/h1-7H,(H,21,23)(H,22,24);1H2. The highest BCUT2D eigenvalue weighted by molar-refractivity contribution is 9.10. The third kappa shape index (κ3) is 5.55. The van der Waals surface area contributed by atoms with Crippen LogP contribution in [0.3, 0.4) is 0 Å². The Balaban J connectivity index is 0.00000312. The molecular weight excluding hydrogens is 473 g/mol. The molecule has 0 spiro atoms. The van der Waals surface area contributed by atoms with E-state index in [0.29, 0.717) is 0 Å². The Morgan fingerprint density at radius 1 is 0.840 bits per heavy atom. The van der Waals surface area contributed by atoms with Gasteiger partial charge >= 0.3 is 6.18 Å². The van der Waals surface area contributed by atoms with Crippen LogP contribution < -0.4 is 10.9 Å². The molecule has 2 aromatic carbocycles. The number of halogens is 5. The maximum absolute atomic E-state index is 13.0. The molecule has 0 heterocycles. The average molecular weight is 484 g/mol. The molecule has 0 aliphatic rings. The Bertz CT molecular complexity index is 781. The van der Waals surface area contributed by atoms with Crippen molar-refractivity contribution in [2.45, 2.75) is 6.18 Å². The molecule has 4 N–H and O–H groups in total. The van der Waals surface area contributed by atoms with Crippen molar-refractivity contribution in [1.29, 1.82) is 0 Å². The van der Waals surface area contributed by atoms with Crippen molar-refractivity contribution >= 4 is 43.7 Å². The zero-order chi connectivity index (χ0) is 17.9. The summed E-state index contributed by atoms with van der Waals surface area (Å²) in [7, 11) is 0. The largest absolute Gasteiger partial charge is 0.417 e. The highest BCUT2D eigenvalue weighted by Gasteiger charge is 2.35. The molecule has 0 aromatic heterocycles. The monoisotopic (exact) mass is 482 g/mol. The lowest BCUT2D eigenvalue weighted by Gasteiger charge is -2.13. The fourth-order valence-corrected chi connectivity index (χ4v) is 2.43. The second kappa shape index (κ2) is 8.45. The number of amides is 2. The SMILES string of the molecule is O.O=C(NNC(=O)c1ccc(Br)cc1C(F)(F)F)c1ccc(Br)cc1. The molecule has 2 aromatic rings. The first-order chi connectivity index (χ1) is 11.2. The lowest BCUT2D eigenvalue weighted by atomic mass is 10.1. The summed E-state index contributed by atoms with van der Waals surface area (Å²) in [5.74, 6) is -1.72. The lowest BCUT2D eigenvalue weighted by Crippen LogP contribution is -2.42. The lowest BCUT2D eigenvalue weighted by molar-refractivity contribution is -0.138. The third-order valence-electron chi connectivity index (χ3n) is 2.93. The number of rotatable bonds is 2. The number of hydrogen-bond donors (Lipinski definition) is 2. The van der Waals surface area contributed by atoms with E-state index in [2.05, 4.69) is 37.3 Å². The Morgan fingerprint density at radius 2 is 1.36 bits per heavy atom. The van der Waals surface area contributed by atoms with Gasteiger partial charge in [0.15, 0.2) is 0 Å². The third-order valence-corrected chi connectivity index (χ3v) is 3.95. The normalized spacial score (nSPS) is 10.6. The van der Waals surface area contributed by atoms with Gasteiger partial charge in [-0.2, -0.15) is 13.2 Å². The van der Waals surface area contributed by atoms with Gasteiger partial charge in [0.25, 0.3) is 11.8 Å². The van der Waals surface area contributed by atoms with Crippen LogP contribution in [0, 0.1) is 0 Å². The molecule has 25 heavy (non-hydrogen) atoms. The number of carbonyl (C=O) groups is 2. The van der Waals surface area contributed by atoms with Gasteiger partial charge in [0.05, 0.1) is 11.1 Å². The maximum atomic E-state index is 13.0. The fraction of sp³-hybridized carbons (Fsp3) is 0.0667. The molecule has 0 atom stereocenters. The van der Waals surface area contributed by atoms with Crippen LogP contribution in [0.2, 0.25) is 0 Å². The Labute approximate surface area is 157 Å². The van der Waals surface area contributed by atoms with Gasteiger partial charge in [0.2, 0.25) is 0 Å². The first kappa shape index (κ1) is 21.1. The predicted molar refractivity (Wildman–Crippen MR) is 91.8 cm³/mol. The number of nitrogens with one attached hydrogen (secondary N) is 2. The summed E-state index contributed by atoms with van der Waals surface area (Å²) in [6, 6.07) is 9.35. The van der Waals surface area contributed by atoms with Crippen molar-refractivity contribution in [2.75, 3.05) is 0 Å². The van der Waals surface area contributed by atoms with Gasteiger partial charge in [-0.1, -0.05) is 31.9 Å². The van der Waals surface area contributed by atoms with E-state index in [1.807, 2.05) is 5.43 Å². The molecule has 10 heteroatoms. The minimum Gasteiger partial charge on any atom is -0.412 e. The van der Waals surface area contributed by atoms with Crippen molar-refractivity contribution in [1.82, 2.24) is 10.9 Å². The van der Waals surface area contributed by atoms with Gasteiger partial charge in [0, 0.05) is 14.5 Å². The molecular formula is C15H11Br2F3N2O3. The summed E-state index contributed by atoms with van der Waals surface area (Å²) in [6.45, 7) is 0. The van der Waals surface area contributed by atoms with Crippen molar-refractivity contribution in [3.8, 4) is 0 Å². The minimum atomic E-state index is -4.70. The van der Waals surface area contributed by atoms with E-state index < -0.39 is 29.1 Å². The molecule has 0 aliphatic heterocycles. The van der Waals surface area contributed by atoms with Gasteiger partial charge in [-0.05, 0) is 42.5 Å². The molecule has 2 amide bonds. The summed E-state index contributed by atoms with van der Waals surface area (Å²) in [4.78, 5) is 23.8. The molecule has 134 valence electrons. The number of carbonyl (C=O) groups excluding carboxylic acids is 2. The highest BCUT2D eigenvalue weighted by Crippen LogP contribution is 2.33. The summed E-state index contributed by atoms with van der Waals surface area (Å²) in [5, 5.41) is 0. The van der Waals surface area contributed by atoms with E-state index in [-0.39, 0.29) is 15.5 Å². The van der Waals surface area contributed by atoms with Crippen molar-refractivity contribution < 1.29 is 28.2 Å². The zero-order valence-corrected chi connectivity index (χ0v) is 15.4. The fourth-order valence-electron chi connectivity index (χ4n) is 1.80. The molecule has 0 saturated heterocycles. The molecule has 0 saturated carbocycles. The van der Waals surface area contributed by atoms with Gasteiger partial charge in [-0.3, -0.25) is 20.4 Å². The second-order valence-corrected chi connectivity index (χ2v) is 6.43. The summed E-state index contributed by atoms with van der Waals surface area (Å²) >= 11 is 6.14. The van der Waals surface area contributed by atoms with E-state index in [4.69, 9.17) is 0 Å². The van der Waals surface area contributed by atoms with E-state index in [1.54, 1.807) is 12.1 Å². The Kier molecular flexibility index (Phi) is 7.15. The van der Waals surface area contributed by atoms with Crippen LogP contribution in [-0.4, -0.2) is 17.3 Å². The van der Waals surface area contributed by atoms with Crippen molar-refractivity contribution in [3.63, 3.8) is 0 Å². The quantitative estimate of drug-likeness (QED) is 0.640. The summed E-state index contributed by atoms with van der Waals surface area (Å²) < 4.78 is 39.9. The number of hydrazine groups is 1. The van der Waals surface area contributed by atoms with Crippen LogP contribution >= 0.6 is 31.9 Å². The van der Waals surface area contributed by atoms with Gasteiger partial charge in [-0.25, -0.2) is 0 Å². The average Bonchev–Trinajstić information content (AvgIpc) is 2.52. The van der Waals surface area contributed by atoms with Crippen LogP contribution in [0.5, 0.6) is 0 Å². The molecule has 0 unspecified atom stereocenters. The van der Waals surface area contributed by atoms with Crippen molar-refractivity contribution in [2.24, 2.45) is 0 Å². The summed E-state index contributed by atoms with van der Waals surface area (Å²) in [5.41, 5.74) is 2.60. The first-order valence-corrected chi connectivity index (χ1v) is 8.00. The van der Waals surface area contributed by atoms with Gasteiger partial charge < -0.3 is 5.48 Å². The van der Waals surface area contributed by atoms with Crippen molar-refractivity contribution in [3.05, 3.63) is 68.1 Å². The predicted octanol–water partition coefficient (Wildman–Crippen LogP) is 3.48. The van der Waals surface area contributed by atoms with Crippen LogP contribution in [0.25, 0.3) is 0 Å². The number of hydrogen-bond acceptors (Lipinski definition) is 2. The molecule has 0 fully saturated rings. The van der Waals surface area contributed by atoms with E-state index in [1.165, 1.54) is 18.2 Å². The number of alkyl halides is 3. The van der Waals surface area contributed by atoms with Crippen LogP contribution in [0.1, 0.15) is 26.3 Å². The van der Waals surface area contributed by atoms with Crippen LogP contribution in [0.4, 0.5) is 13.2 Å². The van der Waals surface area contributed by atoms with E-state index >= 15 is 0 Å². The highest BCUT2D eigenvalue weighted by atomic mass is 79.9. The van der Waals surface area contributed by atoms with Crippen LogP contribution in [-0.2, 0) is 6.18 Å². The first-order valence-electron chi connectivity index (χ1n) is 6.41. The van der Waals surface area contributed by atoms with E-state index in [0.717, 1.165) is 16.6 Å². The number of benzene rings is 2. The molecule has 2 rings (SSSR count). The Hall–Kier alpha value is -1.91. The van der Waals surface area contributed by atoms with E-state index in [9.17, 15) is 22.8 Å². The maximum Gasteiger partial charge on any atom is 0.417 e. The van der Waals surface area contributed by atoms with Crippen LogP contribution in [0.15, 0.2) is 51.4 Å². The summed E-state index contributed by atoms with van der Waals surface area (Å²) in [6.07, 6.45) is -4.70. The van der Waals surface area contributed by atoms with Gasteiger partial charge in [-0.15, -0.1) is 0 Å². The molecule has 0 radical (unpaired) electrons. The molecule has 0 aliphatic carbocycles. The zero-order valence-electron chi connectivity index (χ0n) is 12.2. The topological polar surface area (TPSA) is 89.7 Å². The second-order valence-electron chi connectivity index (χ2n) is 4.60. The smallest absolute Gasteiger partial charge is 0.412 e. The Morgan fingerprint density at radius 3 is 1.92 bits per heavy atom. The minimum absolute atomic E-state index is 0. The van der Waals surface area contributed by atoms with Gasteiger partial charge in [0.1, 0.15) is 0 Å². The molecule has 0 bridgehead atoms. The molecule has 5 nitrogen and oxygen atoms in total.